The van der Waals surface area contributed by atoms with Gasteiger partial charge in [0.25, 0.3) is 0 Å². The highest BCUT2D eigenvalue weighted by Crippen LogP contribution is 1.77. The van der Waals surface area contributed by atoms with Crippen molar-refractivity contribution in [1.29, 1.82) is 0 Å². The van der Waals surface area contributed by atoms with Crippen molar-refractivity contribution in [1.82, 2.24) is 10.6 Å². The van der Waals surface area contributed by atoms with Gasteiger partial charge in [-0.2, -0.15) is 0 Å². The summed E-state index contributed by atoms with van der Waals surface area (Å²) in [5, 5.41) is 5.49. The summed E-state index contributed by atoms with van der Waals surface area (Å²) in [4.78, 5) is 11.0. The second kappa shape index (κ2) is 5.75. The van der Waals surface area contributed by atoms with Crippen LogP contribution in [0.15, 0.2) is 0 Å². The average Bonchev–Trinajstić information content (AvgIpc) is 2.03. The minimum absolute atomic E-state index is 0.0183. The molecule has 0 aromatic rings. The van der Waals surface area contributed by atoms with Crippen molar-refractivity contribution < 1.29 is 4.79 Å². The number of rotatable bonds is 3. The molecule has 1 amide bonds. The van der Waals surface area contributed by atoms with Crippen molar-refractivity contribution in [3.05, 3.63) is 0 Å². The second-order valence-corrected chi connectivity index (χ2v) is 2.15. The standard InChI is InChI=1S/C8H14N2O/c1-4-5-6-10-8(11)7(2)9-3/h7,9H,6H2,1-3H3,(H,10,11). The predicted molar refractivity (Wildman–Crippen MR) is 45.0 cm³/mol. The van der Waals surface area contributed by atoms with E-state index in [1.165, 1.54) is 0 Å². The molecule has 0 saturated carbocycles. The first-order chi connectivity index (χ1) is 5.22. The van der Waals surface area contributed by atoms with Gasteiger partial charge < -0.3 is 10.6 Å². The van der Waals surface area contributed by atoms with E-state index in [2.05, 4.69) is 22.5 Å². The van der Waals surface area contributed by atoms with Crippen LogP contribution in [0.5, 0.6) is 0 Å². The Morgan fingerprint density at radius 3 is 2.73 bits per heavy atom. The molecule has 0 aromatic carbocycles. The van der Waals surface area contributed by atoms with E-state index in [1.807, 2.05) is 0 Å². The minimum atomic E-state index is -0.145. The summed E-state index contributed by atoms with van der Waals surface area (Å²) in [6.07, 6.45) is 0. The number of likely N-dealkylation sites (N-methyl/N-ethyl adjacent to an activating group) is 1. The van der Waals surface area contributed by atoms with Crippen LogP contribution in [0, 0.1) is 11.8 Å². The quantitative estimate of drug-likeness (QED) is 0.550. The van der Waals surface area contributed by atoms with Crippen LogP contribution in [-0.4, -0.2) is 25.5 Å². The van der Waals surface area contributed by atoms with Gasteiger partial charge in [0.15, 0.2) is 0 Å². The molecule has 0 fully saturated rings. The zero-order chi connectivity index (χ0) is 8.69. The topological polar surface area (TPSA) is 41.1 Å². The third kappa shape index (κ3) is 4.40. The zero-order valence-electron chi connectivity index (χ0n) is 7.19. The summed E-state index contributed by atoms with van der Waals surface area (Å²) in [5.74, 6) is 5.42. The van der Waals surface area contributed by atoms with E-state index in [4.69, 9.17) is 0 Å². The molecule has 62 valence electrons. The molecular formula is C8H14N2O. The Bertz CT molecular complexity index is 178. The smallest absolute Gasteiger partial charge is 0.237 e. The SMILES string of the molecule is CC#CCNC(=O)C(C)NC. The summed E-state index contributed by atoms with van der Waals surface area (Å²) < 4.78 is 0. The lowest BCUT2D eigenvalue weighted by Crippen LogP contribution is -2.40. The first-order valence-corrected chi connectivity index (χ1v) is 3.57. The van der Waals surface area contributed by atoms with E-state index in [1.54, 1.807) is 20.9 Å². The van der Waals surface area contributed by atoms with Crippen molar-refractivity contribution in [2.75, 3.05) is 13.6 Å². The molecule has 0 spiro atoms. The number of hydrogen-bond acceptors (Lipinski definition) is 2. The van der Waals surface area contributed by atoms with Crippen molar-refractivity contribution in [2.45, 2.75) is 19.9 Å². The number of amides is 1. The van der Waals surface area contributed by atoms with Crippen LogP contribution >= 0.6 is 0 Å². The van der Waals surface area contributed by atoms with Gasteiger partial charge in [0, 0.05) is 0 Å². The molecule has 0 bridgehead atoms. The normalized spacial score (nSPS) is 11.2. The van der Waals surface area contributed by atoms with Crippen molar-refractivity contribution in [3.8, 4) is 11.8 Å². The fourth-order valence-electron chi connectivity index (χ4n) is 0.504. The molecule has 0 radical (unpaired) electrons. The Morgan fingerprint density at radius 1 is 1.64 bits per heavy atom. The molecule has 0 rings (SSSR count). The maximum atomic E-state index is 11.0. The van der Waals surface area contributed by atoms with Crippen molar-refractivity contribution in [3.63, 3.8) is 0 Å². The monoisotopic (exact) mass is 154 g/mol. The molecular weight excluding hydrogens is 140 g/mol. The van der Waals surface area contributed by atoms with E-state index >= 15 is 0 Å². The Labute approximate surface area is 67.6 Å². The first kappa shape index (κ1) is 9.99. The third-order valence-electron chi connectivity index (χ3n) is 1.35. The Balaban J connectivity index is 3.57. The third-order valence-corrected chi connectivity index (χ3v) is 1.35. The molecule has 1 unspecified atom stereocenters. The van der Waals surface area contributed by atoms with Gasteiger partial charge >= 0.3 is 0 Å². The Hall–Kier alpha value is -1.01. The summed E-state index contributed by atoms with van der Waals surface area (Å²) in [7, 11) is 1.75. The van der Waals surface area contributed by atoms with Crippen molar-refractivity contribution >= 4 is 5.91 Å². The highest BCUT2D eigenvalue weighted by Gasteiger charge is 2.06. The maximum absolute atomic E-state index is 11.0. The van der Waals surface area contributed by atoms with Crippen LogP contribution < -0.4 is 10.6 Å². The molecule has 0 heterocycles. The average molecular weight is 154 g/mol. The number of hydrogen-bond donors (Lipinski definition) is 2. The molecule has 0 saturated heterocycles. The zero-order valence-corrected chi connectivity index (χ0v) is 7.19. The maximum Gasteiger partial charge on any atom is 0.237 e. The van der Waals surface area contributed by atoms with Crippen LogP contribution in [0.1, 0.15) is 13.8 Å². The number of carbonyl (C=O) groups excluding carboxylic acids is 1. The van der Waals surface area contributed by atoms with Gasteiger partial charge in [0.2, 0.25) is 5.91 Å². The van der Waals surface area contributed by atoms with Crippen LogP contribution in [0.25, 0.3) is 0 Å². The lowest BCUT2D eigenvalue weighted by molar-refractivity contribution is -0.122. The molecule has 0 aliphatic heterocycles. The molecule has 2 N–H and O–H groups in total. The number of carbonyl (C=O) groups is 1. The van der Waals surface area contributed by atoms with Gasteiger partial charge in [-0.1, -0.05) is 5.92 Å². The molecule has 0 aromatic heterocycles. The molecule has 11 heavy (non-hydrogen) atoms. The van der Waals surface area contributed by atoms with Gasteiger partial charge in [-0.15, -0.1) is 5.92 Å². The highest BCUT2D eigenvalue weighted by atomic mass is 16.2. The predicted octanol–water partition coefficient (Wildman–Crippen LogP) is -0.266. The van der Waals surface area contributed by atoms with E-state index in [-0.39, 0.29) is 11.9 Å². The van der Waals surface area contributed by atoms with E-state index in [9.17, 15) is 4.79 Å². The van der Waals surface area contributed by atoms with Gasteiger partial charge in [0.05, 0.1) is 12.6 Å². The molecule has 3 nitrogen and oxygen atoms in total. The first-order valence-electron chi connectivity index (χ1n) is 3.57. The lowest BCUT2D eigenvalue weighted by Gasteiger charge is -2.07. The fraction of sp³-hybridized carbons (Fsp3) is 0.625. The summed E-state index contributed by atoms with van der Waals surface area (Å²) in [5.41, 5.74) is 0. The summed E-state index contributed by atoms with van der Waals surface area (Å²) in [6, 6.07) is -0.145. The van der Waals surface area contributed by atoms with Gasteiger partial charge in [-0.05, 0) is 20.9 Å². The van der Waals surface area contributed by atoms with E-state index < -0.39 is 0 Å². The van der Waals surface area contributed by atoms with E-state index in [0.29, 0.717) is 6.54 Å². The largest absolute Gasteiger partial charge is 0.344 e. The fourth-order valence-corrected chi connectivity index (χ4v) is 0.504. The molecule has 1 atom stereocenters. The van der Waals surface area contributed by atoms with Crippen LogP contribution in [0.3, 0.4) is 0 Å². The molecule has 3 heteroatoms. The summed E-state index contributed by atoms with van der Waals surface area (Å²) >= 11 is 0. The van der Waals surface area contributed by atoms with Crippen LogP contribution in [0.2, 0.25) is 0 Å². The van der Waals surface area contributed by atoms with Crippen molar-refractivity contribution in [2.24, 2.45) is 0 Å². The van der Waals surface area contributed by atoms with E-state index in [0.717, 1.165) is 0 Å². The second-order valence-electron chi connectivity index (χ2n) is 2.15. The highest BCUT2D eigenvalue weighted by molar-refractivity contribution is 5.81. The Morgan fingerprint density at radius 2 is 2.27 bits per heavy atom. The molecule has 0 aliphatic rings. The molecule has 0 aliphatic carbocycles. The van der Waals surface area contributed by atoms with Gasteiger partial charge in [0.1, 0.15) is 0 Å². The van der Waals surface area contributed by atoms with Crippen LogP contribution in [0.4, 0.5) is 0 Å². The van der Waals surface area contributed by atoms with Gasteiger partial charge in [-0.3, -0.25) is 4.79 Å². The van der Waals surface area contributed by atoms with Crippen LogP contribution in [-0.2, 0) is 4.79 Å². The lowest BCUT2D eigenvalue weighted by atomic mass is 10.3. The number of nitrogens with one attached hydrogen (secondary N) is 2. The Kier molecular flexibility index (Phi) is 5.22. The minimum Gasteiger partial charge on any atom is -0.344 e. The van der Waals surface area contributed by atoms with Gasteiger partial charge in [-0.25, -0.2) is 0 Å². The summed E-state index contributed by atoms with van der Waals surface area (Å²) in [6.45, 7) is 3.98.